The lowest BCUT2D eigenvalue weighted by Crippen LogP contribution is -2.15. The van der Waals surface area contributed by atoms with Gasteiger partial charge in [-0.15, -0.1) is 0 Å². The van der Waals surface area contributed by atoms with Crippen molar-refractivity contribution in [2.75, 3.05) is 0 Å². The van der Waals surface area contributed by atoms with Gasteiger partial charge in [0.1, 0.15) is 0 Å². The molecule has 2 aliphatic rings. The Morgan fingerprint density at radius 1 is 0.692 bits per heavy atom. The normalized spacial score (nSPS) is 28.3. The van der Waals surface area contributed by atoms with E-state index in [9.17, 15) is 0 Å². The summed E-state index contributed by atoms with van der Waals surface area (Å²) in [6.07, 6.45) is 19.6. The molecule has 0 aromatic rings. The molecule has 74 valence electrons. The topological polar surface area (TPSA) is 0 Å². The molecule has 0 atom stereocenters. The molecule has 0 nitrogen and oxygen atoms in total. The highest BCUT2D eigenvalue weighted by Gasteiger charge is 2.28. The highest BCUT2D eigenvalue weighted by atomic mass is 14.3. The molecule has 2 aliphatic carbocycles. The molecule has 0 heterocycles. The van der Waals surface area contributed by atoms with Gasteiger partial charge in [-0.25, -0.2) is 0 Å². The van der Waals surface area contributed by atoms with Crippen LogP contribution in [-0.2, 0) is 0 Å². The fourth-order valence-corrected chi connectivity index (χ4v) is 3.01. The molecule has 0 bridgehead atoms. The summed E-state index contributed by atoms with van der Waals surface area (Å²) < 4.78 is 0. The molecule has 13 heavy (non-hydrogen) atoms. The van der Waals surface area contributed by atoms with Crippen molar-refractivity contribution >= 4 is 0 Å². The molecule has 1 spiro atoms. The fraction of sp³-hybridized carbons (Fsp3) is 0.846. The lowest BCUT2D eigenvalue weighted by Gasteiger charge is -2.28. The van der Waals surface area contributed by atoms with Crippen LogP contribution in [0.4, 0.5) is 0 Å². The minimum atomic E-state index is 0.646. The van der Waals surface area contributed by atoms with Crippen molar-refractivity contribution in [3.05, 3.63) is 12.2 Å². The standard InChI is InChI=1S/C13H22/c1-2-6-10-13(9-5-1)11-7-3-4-8-12-13/h5,9H,1-4,6-8,10-12H2. The number of allylic oxidation sites excluding steroid dienone is 2. The van der Waals surface area contributed by atoms with Gasteiger partial charge in [-0.1, -0.05) is 44.3 Å². The maximum absolute atomic E-state index is 2.57. The summed E-state index contributed by atoms with van der Waals surface area (Å²) in [4.78, 5) is 0. The predicted molar refractivity (Wildman–Crippen MR) is 57.7 cm³/mol. The first kappa shape index (κ1) is 9.30. The average molecular weight is 178 g/mol. The number of hydrogen-bond donors (Lipinski definition) is 0. The first-order valence-electron chi connectivity index (χ1n) is 6.09. The molecule has 0 unspecified atom stereocenters. The average Bonchev–Trinajstić information content (AvgIpc) is 2.50. The van der Waals surface area contributed by atoms with Gasteiger partial charge in [0.05, 0.1) is 0 Å². The van der Waals surface area contributed by atoms with Crippen LogP contribution in [0, 0.1) is 5.41 Å². The van der Waals surface area contributed by atoms with E-state index >= 15 is 0 Å². The van der Waals surface area contributed by atoms with Gasteiger partial charge in [0.25, 0.3) is 0 Å². The van der Waals surface area contributed by atoms with Crippen molar-refractivity contribution in [1.82, 2.24) is 0 Å². The molecule has 0 N–H and O–H groups in total. The van der Waals surface area contributed by atoms with Crippen LogP contribution in [0.3, 0.4) is 0 Å². The van der Waals surface area contributed by atoms with Gasteiger partial charge in [0, 0.05) is 0 Å². The lowest BCUT2D eigenvalue weighted by atomic mass is 9.77. The summed E-state index contributed by atoms with van der Waals surface area (Å²) in [5, 5.41) is 0. The fourth-order valence-electron chi connectivity index (χ4n) is 3.01. The summed E-state index contributed by atoms with van der Waals surface area (Å²) in [6.45, 7) is 0. The molecule has 1 saturated carbocycles. The molecule has 0 saturated heterocycles. The van der Waals surface area contributed by atoms with E-state index in [0.29, 0.717) is 5.41 Å². The Balaban J connectivity index is 2.05. The van der Waals surface area contributed by atoms with Crippen LogP contribution in [0.25, 0.3) is 0 Å². The largest absolute Gasteiger partial charge is 0.0880 e. The number of hydrogen-bond acceptors (Lipinski definition) is 0. The van der Waals surface area contributed by atoms with Crippen LogP contribution in [0.1, 0.15) is 64.2 Å². The van der Waals surface area contributed by atoms with Gasteiger partial charge in [0.2, 0.25) is 0 Å². The quantitative estimate of drug-likeness (QED) is 0.480. The summed E-state index contributed by atoms with van der Waals surface area (Å²) in [5.74, 6) is 0. The van der Waals surface area contributed by atoms with Crippen molar-refractivity contribution < 1.29 is 0 Å². The highest BCUT2D eigenvalue weighted by Crippen LogP contribution is 2.42. The van der Waals surface area contributed by atoms with E-state index in [2.05, 4.69) is 12.2 Å². The van der Waals surface area contributed by atoms with Crippen LogP contribution < -0.4 is 0 Å². The maximum atomic E-state index is 2.57. The Labute approximate surface area is 82.4 Å². The van der Waals surface area contributed by atoms with Crippen LogP contribution in [0.5, 0.6) is 0 Å². The first-order chi connectivity index (χ1) is 6.41. The molecule has 0 aliphatic heterocycles. The summed E-state index contributed by atoms with van der Waals surface area (Å²) in [6, 6.07) is 0. The molecule has 0 heteroatoms. The maximum Gasteiger partial charge on any atom is -0.0118 e. The Hall–Kier alpha value is -0.260. The van der Waals surface area contributed by atoms with E-state index in [1.54, 1.807) is 0 Å². The summed E-state index contributed by atoms with van der Waals surface area (Å²) in [7, 11) is 0. The zero-order valence-corrected chi connectivity index (χ0v) is 8.73. The van der Waals surface area contributed by atoms with E-state index in [-0.39, 0.29) is 0 Å². The smallest absolute Gasteiger partial charge is 0.0118 e. The third-order valence-corrected chi connectivity index (χ3v) is 3.87. The Kier molecular flexibility index (Phi) is 3.08. The van der Waals surface area contributed by atoms with Crippen molar-refractivity contribution in [3.63, 3.8) is 0 Å². The third-order valence-electron chi connectivity index (χ3n) is 3.87. The van der Waals surface area contributed by atoms with Gasteiger partial charge in [0.15, 0.2) is 0 Å². The van der Waals surface area contributed by atoms with Crippen molar-refractivity contribution in [3.8, 4) is 0 Å². The predicted octanol–water partition coefficient (Wildman–Crippen LogP) is 4.46. The van der Waals surface area contributed by atoms with Crippen molar-refractivity contribution in [2.24, 2.45) is 5.41 Å². The van der Waals surface area contributed by atoms with Gasteiger partial charge >= 0.3 is 0 Å². The Morgan fingerprint density at radius 2 is 1.31 bits per heavy atom. The van der Waals surface area contributed by atoms with Crippen LogP contribution >= 0.6 is 0 Å². The first-order valence-corrected chi connectivity index (χ1v) is 6.09. The SMILES string of the molecule is C1=CC2(CCCC1)CCCCCC2. The summed E-state index contributed by atoms with van der Waals surface area (Å²) >= 11 is 0. The minimum absolute atomic E-state index is 0.646. The monoisotopic (exact) mass is 178 g/mol. The Bertz CT molecular complexity index is 170. The third kappa shape index (κ3) is 2.36. The summed E-state index contributed by atoms with van der Waals surface area (Å²) in [5.41, 5.74) is 0.646. The van der Waals surface area contributed by atoms with Crippen LogP contribution in [0.2, 0.25) is 0 Å². The molecule has 0 aromatic heterocycles. The lowest BCUT2D eigenvalue weighted by molar-refractivity contribution is 0.298. The van der Waals surface area contributed by atoms with Gasteiger partial charge in [-0.3, -0.25) is 0 Å². The molecular weight excluding hydrogens is 156 g/mol. The minimum Gasteiger partial charge on any atom is -0.0880 e. The molecule has 0 radical (unpaired) electrons. The van der Waals surface area contributed by atoms with Crippen molar-refractivity contribution in [1.29, 1.82) is 0 Å². The van der Waals surface area contributed by atoms with Crippen molar-refractivity contribution in [2.45, 2.75) is 64.2 Å². The van der Waals surface area contributed by atoms with Gasteiger partial charge in [-0.05, 0) is 37.5 Å². The second kappa shape index (κ2) is 4.30. The second-order valence-corrected chi connectivity index (χ2v) is 4.92. The van der Waals surface area contributed by atoms with E-state index < -0.39 is 0 Å². The van der Waals surface area contributed by atoms with E-state index in [4.69, 9.17) is 0 Å². The van der Waals surface area contributed by atoms with E-state index in [1.165, 1.54) is 64.2 Å². The second-order valence-electron chi connectivity index (χ2n) is 4.92. The van der Waals surface area contributed by atoms with Gasteiger partial charge < -0.3 is 0 Å². The molecular formula is C13H22. The van der Waals surface area contributed by atoms with Gasteiger partial charge in [-0.2, -0.15) is 0 Å². The zero-order valence-electron chi connectivity index (χ0n) is 8.73. The number of rotatable bonds is 0. The van der Waals surface area contributed by atoms with Crippen LogP contribution in [-0.4, -0.2) is 0 Å². The van der Waals surface area contributed by atoms with E-state index in [1.807, 2.05) is 0 Å². The van der Waals surface area contributed by atoms with Crippen LogP contribution in [0.15, 0.2) is 12.2 Å². The molecule has 2 rings (SSSR count). The Morgan fingerprint density at radius 3 is 2.00 bits per heavy atom. The molecule has 0 amide bonds. The van der Waals surface area contributed by atoms with E-state index in [0.717, 1.165) is 0 Å². The molecule has 1 fully saturated rings. The molecule has 0 aromatic carbocycles. The zero-order chi connectivity index (χ0) is 8.99. The highest BCUT2D eigenvalue weighted by molar-refractivity contribution is 5.02.